The lowest BCUT2D eigenvalue weighted by Gasteiger charge is -2.22. The number of halogens is 3. The zero-order chi connectivity index (χ0) is 17.0. The third-order valence-electron chi connectivity index (χ3n) is 3.40. The molecule has 122 valence electrons. The summed E-state index contributed by atoms with van der Waals surface area (Å²) in [7, 11) is 0. The molecular formula is C17H17F3N2O. The van der Waals surface area contributed by atoms with Gasteiger partial charge in [0, 0.05) is 12.2 Å². The number of carbonyl (C=O) groups is 1. The Kier molecular flexibility index (Phi) is 5.26. The van der Waals surface area contributed by atoms with Crippen molar-refractivity contribution in [2.75, 3.05) is 23.3 Å². The van der Waals surface area contributed by atoms with Crippen LogP contribution in [0.2, 0.25) is 0 Å². The SMILES string of the molecule is CCN(C(=O)CNc1ccc(F)c(F)c1F)c1cccc(C)c1. The highest BCUT2D eigenvalue weighted by atomic mass is 19.2. The van der Waals surface area contributed by atoms with Gasteiger partial charge in [0.25, 0.3) is 0 Å². The first-order valence-corrected chi connectivity index (χ1v) is 7.18. The zero-order valence-corrected chi connectivity index (χ0v) is 12.9. The predicted octanol–water partition coefficient (Wildman–Crippen LogP) is 3.88. The maximum atomic E-state index is 13.6. The lowest BCUT2D eigenvalue weighted by Crippen LogP contribution is -2.35. The molecule has 0 aliphatic carbocycles. The monoisotopic (exact) mass is 322 g/mol. The number of likely N-dealkylation sites (N-methyl/N-ethyl adjacent to an activating group) is 1. The summed E-state index contributed by atoms with van der Waals surface area (Å²) < 4.78 is 39.6. The largest absolute Gasteiger partial charge is 0.374 e. The van der Waals surface area contributed by atoms with Crippen LogP contribution in [0.15, 0.2) is 36.4 Å². The highest BCUT2D eigenvalue weighted by Crippen LogP contribution is 2.20. The van der Waals surface area contributed by atoms with Crippen LogP contribution < -0.4 is 10.2 Å². The molecular weight excluding hydrogens is 305 g/mol. The van der Waals surface area contributed by atoms with Crippen molar-refractivity contribution in [3.8, 4) is 0 Å². The molecule has 0 saturated carbocycles. The smallest absolute Gasteiger partial charge is 0.246 e. The number of hydrogen-bond donors (Lipinski definition) is 1. The number of amides is 1. The molecule has 0 atom stereocenters. The molecule has 6 heteroatoms. The van der Waals surface area contributed by atoms with Crippen LogP contribution in [-0.4, -0.2) is 19.0 Å². The van der Waals surface area contributed by atoms with E-state index in [1.54, 1.807) is 6.07 Å². The van der Waals surface area contributed by atoms with Gasteiger partial charge in [0.05, 0.1) is 12.2 Å². The third kappa shape index (κ3) is 3.83. The van der Waals surface area contributed by atoms with Gasteiger partial charge in [-0.1, -0.05) is 12.1 Å². The van der Waals surface area contributed by atoms with Gasteiger partial charge in [-0.2, -0.15) is 0 Å². The fourth-order valence-corrected chi connectivity index (χ4v) is 2.23. The van der Waals surface area contributed by atoms with Gasteiger partial charge in [0.15, 0.2) is 17.5 Å². The summed E-state index contributed by atoms with van der Waals surface area (Å²) in [4.78, 5) is 13.8. The van der Waals surface area contributed by atoms with Gasteiger partial charge >= 0.3 is 0 Å². The summed E-state index contributed by atoms with van der Waals surface area (Å²) in [5.41, 5.74) is 1.48. The minimum absolute atomic E-state index is 0.232. The quantitative estimate of drug-likeness (QED) is 0.847. The van der Waals surface area contributed by atoms with Crippen molar-refractivity contribution in [2.24, 2.45) is 0 Å². The number of anilines is 2. The fourth-order valence-electron chi connectivity index (χ4n) is 2.23. The number of rotatable bonds is 5. The summed E-state index contributed by atoms with van der Waals surface area (Å²) in [6, 6.07) is 9.28. The molecule has 2 rings (SSSR count). The van der Waals surface area contributed by atoms with Gasteiger partial charge < -0.3 is 10.2 Å². The Bertz CT molecular complexity index is 719. The van der Waals surface area contributed by atoms with E-state index < -0.39 is 17.5 Å². The molecule has 2 aromatic rings. The Hall–Kier alpha value is -2.50. The minimum Gasteiger partial charge on any atom is -0.374 e. The second-order valence-corrected chi connectivity index (χ2v) is 5.05. The van der Waals surface area contributed by atoms with Crippen molar-refractivity contribution < 1.29 is 18.0 Å². The fraction of sp³-hybridized carbons (Fsp3) is 0.235. The van der Waals surface area contributed by atoms with Crippen LogP contribution in [-0.2, 0) is 4.79 Å². The number of hydrogen-bond acceptors (Lipinski definition) is 2. The van der Waals surface area contributed by atoms with Gasteiger partial charge in [-0.05, 0) is 43.7 Å². The first-order valence-electron chi connectivity index (χ1n) is 7.18. The second-order valence-electron chi connectivity index (χ2n) is 5.05. The first kappa shape index (κ1) is 16.9. The van der Waals surface area contributed by atoms with Gasteiger partial charge in [-0.3, -0.25) is 4.79 Å². The van der Waals surface area contributed by atoms with Crippen LogP contribution >= 0.6 is 0 Å². The van der Waals surface area contributed by atoms with Crippen LogP contribution in [0, 0.1) is 24.4 Å². The van der Waals surface area contributed by atoms with E-state index in [9.17, 15) is 18.0 Å². The van der Waals surface area contributed by atoms with E-state index in [1.165, 1.54) is 4.90 Å². The second kappa shape index (κ2) is 7.17. The molecule has 0 bridgehead atoms. The number of benzene rings is 2. The number of nitrogens with zero attached hydrogens (tertiary/aromatic N) is 1. The summed E-state index contributed by atoms with van der Waals surface area (Å²) in [6.07, 6.45) is 0. The summed E-state index contributed by atoms with van der Waals surface area (Å²) in [5.74, 6) is -4.47. The van der Waals surface area contributed by atoms with E-state index in [1.807, 2.05) is 32.0 Å². The van der Waals surface area contributed by atoms with E-state index in [0.717, 1.165) is 23.4 Å². The van der Waals surface area contributed by atoms with Crippen molar-refractivity contribution in [1.82, 2.24) is 0 Å². The Morgan fingerprint density at radius 1 is 1.13 bits per heavy atom. The van der Waals surface area contributed by atoms with Gasteiger partial charge in [0.2, 0.25) is 5.91 Å². The van der Waals surface area contributed by atoms with E-state index in [0.29, 0.717) is 6.54 Å². The van der Waals surface area contributed by atoms with Crippen LogP contribution in [0.5, 0.6) is 0 Å². The summed E-state index contributed by atoms with van der Waals surface area (Å²) in [6.45, 7) is 3.93. The predicted molar refractivity (Wildman–Crippen MR) is 84.0 cm³/mol. The molecule has 0 fully saturated rings. The lowest BCUT2D eigenvalue weighted by molar-refractivity contribution is -0.116. The van der Waals surface area contributed by atoms with Gasteiger partial charge in [-0.15, -0.1) is 0 Å². The third-order valence-corrected chi connectivity index (χ3v) is 3.40. The standard InChI is InChI=1S/C17H17F3N2O/c1-3-22(12-6-4-5-11(2)9-12)15(23)10-21-14-8-7-13(18)16(19)17(14)20/h4-9,21H,3,10H2,1-2H3. The van der Waals surface area contributed by atoms with E-state index in [-0.39, 0.29) is 18.1 Å². The molecule has 0 aliphatic heterocycles. The van der Waals surface area contributed by atoms with E-state index in [2.05, 4.69) is 5.32 Å². The lowest BCUT2D eigenvalue weighted by atomic mass is 10.2. The van der Waals surface area contributed by atoms with Gasteiger partial charge in [-0.25, -0.2) is 13.2 Å². The molecule has 1 N–H and O–H groups in total. The zero-order valence-electron chi connectivity index (χ0n) is 12.9. The van der Waals surface area contributed by atoms with Crippen molar-refractivity contribution in [3.05, 3.63) is 59.4 Å². The molecule has 0 heterocycles. The molecule has 0 saturated heterocycles. The van der Waals surface area contributed by atoms with E-state index in [4.69, 9.17) is 0 Å². The highest BCUT2D eigenvalue weighted by Gasteiger charge is 2.17. The van der Waals surface area contributed by atoms with Crippen LogP contribution in [0.1, 0.15) is 12.5 Å². The van der Waals surface area contributed by atoms with Crippen LogP contribution in [0.3, 0.4) is 0 Å². The molecule has 0 radical (unpaired) electrons. The number of carbonyl (C=O) groups excluding carboxylic acids is 1. The van der Waals surface area contributed by atoms with Crippen molar-refractivity contribution in [2.45, 2.75) is 13.8 Å². The topological polar surface area (TPSA) is 32.3 Å². The average Bonchev–Trinajstić information content (AvgIpc) is 2.53. The maximum Gasteiger partial charge on any atom is 0.246 e. The molecule has 1 amide bonds. The molecule has 0 spiro atoms. The maximum absolute atomic E-state index is 13.6. The van der Waals surface area contributed by atoms with Gasteiger partial charge in [0.1, 0.15) is 0 Å². The molecule has 0 unspecified atom stereocenters. The van der Waals surface area contributed by atoms with Crippen molar-refractivity contribution in [3.63, 3.8) is 0 Å². The molecule has 3 nitrogen and oxygen atoms in total. The van der Waals surface area contributed by atoms with Crippen molar-refractivity contribution in [1.29, 1.82) is 0 Å². The first-order chi connectivity index (χ1) is 10.9. The van der Waals surface area contributed by atoms with Crippen molar-refractivity contribution >= 4 is 17.3 Å². The number of aryl methyl sites for hydroxylation is 1. The minimum atomic E-state index is -1.56. The molecule has 2 aromatic carbocycles. The normalized spacial score (nSPS) is 10.5. The molecule has 23 heavy (non-hydrogen) atoms. The average molecular weight is 322 g/mol. The summed E-state index contributed by atoms with van der Waals surface area (Å²) in [5, 5.41) is 2.51. The Morgan fingerprint density at radius 3 is 2.52 bits per heavy atom. The summed E-state index contributed by atoms with van der Waals surface area (Å²) >= 11 is 0. The van der Waals surface area contributed by atoms with Crippen LogP contribution in [0.4, 0.5) is 24.5 Å². The molecule has 0 aliphatic rings. The Balaban J connectivity index is 2.10. The Morgan fingerprint density at radius 2 is 1.87 bits per heavy atom. The Labute approximate surface area is 132 Å². The van der Waals surface area contributed by atoms with Crippen LogP contribution in [0.25, 0.3) is 0 Å². The molecule has 0 aromatic heterocycles. The van der Waals surface area contributed by atoms with E-state index >= 15 is 0 Å². The number of nitrogens with one attached hydrogen (secondary N) is 1. The highest BCUT2D eigenvalue weighted by molar-refractivity contribution is 5.96.